The number of aryl methyl sites for hydroxylation is 1. The normalized spacial score (nSPS) is 10.4. The second-order valence-corrected chi connectivity index (χ2v) is 5.59. The van der Waals surface area contributed by atoms with Crippen LogP contribution in [0.5, 0.6) is 6.01 Å². The molecule has 0 atom stereocenters. The van der Waals surface area contributed by atoms with E-state index in [9.17, 15) is 0 Å². The highest BCUT2D eigenvalue weighted by Crippen LogP contribution is 2.18. The predicted molar refractivity (Wildman–Crippen MR) is 84.4 cm³/mol. The van der Waals surface area contributed by atoms with Crippen LogP contribution in [0.25, 0.3) is 0 Å². The first kappa shape index (κ1) is 15.5. The smallest absolute Gasteiger partial charge is 0.323 e. The highest BCUT2D eigenvalue weighted by Gasteiger charge is 2.07. The number of hydrazine groups is 1. The maximum Gasteiger partial charge on any atom is 0.323 e. The Balaban J connectivity index is 2.03. The molecule has 0 bridgehead atoms. The fraction of sp³-hybridized carbons (Fsp3) is 0.462. The van der Waals surface area contributed by atoms with Gasteiger partial charge in [-0.1, -0.05) is 13.8 Å². The van der Waals surface area contributed by atoms with Crippen molar-refractivity contribution in [2.75, 3.05) is 17.3 Å². The number of hydrogen-bond donors (Lipinski definition) is 3. The van der Waals surface area contributed by atoms with Crippen LogP contribution in [0.4, 0.5) is 11.9 Å². The first-order valence-corrected chi connectivity index (χ1v) is 7.73. The largest absolute Gasteiger partial charge is 0.463 e. The molecular weight excluding hydrogens is 288 g/mol. The first-order valence-electron chi connectivity index (χ1n) is 6.92. The van der Waals surface area contributed by atoms with Crippen molar-refractivity contribution in [3.05, 3.63) is 21.9 Å². The quantitative estimate of drug-likeness (QED) is 0.508. The average Bonchev–Trinajstić information content (AvgIpc) is 2.98. The van der Waals surface area contributed by atoms with E-state index < -0.39 is 0 Å². The third-order valence-electron chi connectivity index (χ3n) is 2.67. The van der Waals surface area contributed by atoms with Crippen molar-refractivity contribution in [2.45, 2.75) is 33.2 Å². The molecule has 2 rings (SSSR count). The van der Waals surface area contributed by atoms with Crippen LogP contribution < -0.4 is 21.3 Å². The second kappa shape index (κ2) is 7.75. The minimum absolute atomic E-state index is 0.266. The van der Waals surface area contributed by atoms with Gasteiger partial charge in [-0.2, -0.15) is 15.0 Å². The lowest BCUT2D eigenvalue weighted by atomic mass is 10.4. The molecule has 21 heavy (non-hydrogen) atoms. The molecule has 0 radical (unpaired) electrons. The molecule has 4 N–H and O–H groups in total. The van der Waals surface area contributed by atoms with Crippen LogP contribution in [-0.4, -0.2) is 21.6 Å². The molecule has 0 saturated heterocycles. The zero-order valence-corrected chi connectivity index (χ0v) is 13.0. The number of nitrogens with zero attached hydrogens (tertiary/aromatic N) is 3. The SMILES string of the molecule is CCCOc1nc(NN)nc(NCc2ccc(CC)s2)n1. The summed E-state index contributed by atoms with van der Waals surface area (Å²) in [5.74, 6) is 6.08. The molecule has 2 aromatic heterocycles. The molecule has 0 unspecified atom stereocenters. The molecule has 8 heteroatoms. The fourth-order valence-electron chi connectivity index (χ4n) is 1.63. The minimum atomic E-state index is 0.266. The van der Waals surface area contributed by atoms with E-state index in [0.717, 1.165) is 12.8 Å². The van der Waals surface area contributed by atoms with Gasteiger partial charge in [0, 0.05) is 9.75 Å². The Morgan fingerprint density at radius 3 is 2.57 bits per heavy atom. The monoisotopic (exact) mass is 308 g/mol. The molecule has 0 aromatic carbocycles. The van der Waals surface area contributed by atoms with E-state index in [4.69, 9.17) is 10.6 Å². The number of ether oxygens (including phenoxy) is 1. The van der Waals surface area contributed by atoms with Crippen molar-refractivity contribution in [3.63, 3.8) is 0 Å². The third-order valence-corrected chi connectivity index (χ3v) is 3.90. The van der Waals surface area contributed by atoms with E-state index in [0.29, 0.717) is 19.1 Å². The van der Waals surface area contributed by atoms with Crippen LogP contribution in [0.1, 0.15) is 30.0 Å². The summed E-state index contributed by atoms with van der Waals surface area (Å²) in [5.41, 5.74) is 2.42. The van der Waals surface area contributed by atoms with E-state index in [1.54, 1.807) is 11.3 Å². The number of aromatic nitrogens is 3. The summed E-state index contributed by atoms with van der Waals surface area (Å²) < 4.78 is 5.42. The molecule has 0 saturated carbocycles. The number of nitrogens with one attached hydrogen (secondary N) is 2. The summed E-state index contributed by atoms with van der Waals surface area (Å²) in [4.78, 5) is 15.0. The maximum atomic E-state index is 5.42. The van der Waals surface area contributed by atoms with Crippen molar-refractivity contribution in [1.29, 1.82) is 0 Å². The maximum absolute atomic E-state index is 5.42. The Labute approximate surface area is 128 Å². The van der Waals surface area contributed by atoms with E-state index in [1.165, 1.54) is 9.75 Å². The van der Waals surface area contributed by atoms with Gasteiger partial charge in [-0.25, -0.2) is 5.84 Å². The van der Waals surface area contributed by atoms with Crippen molar-refractivity contribution < 1.29 is 4.74 Å². The number of rotatable bonds is 8. The summed E-state index contributed by atoms with van der Waals surface area (Å²) >= 11 is 1.77. The van der Waals surface area contributed by atoms with E-state index in [2.05, 4.69) is 44.8 Å². The molecule has 7 nitrogen and oxygen atoms in total. The lowest BCUT2D eigenvalue weighted by Gasteiger charge is -2.08. The summed E-state index contributed by atoms with van der Waals surface area (Å²) in [6.07, 6.45) is 1.93. The highest BCUT2D eigenvalue weighted by atomic mass is 32.1. The Morgan fingerprint density at radius 1 is 1.14 bits per heavy atom. The molecule has 0 aliphatic heterocycles. The lowest BCUT2D eigenvalue weighted by molar-refractivity contribution is 0.292. The van der Waals surface area contributed by atoms with Gasteiger partial charge in [0.25, 0.3) is 0 Å². The number of hydrogen-bond acceptors (Lipinski definition) is 8. The van der Waals surface area contributed by atoms with Gasteiger partial charge >= 0.3 is 6.01 Å². The molecule has 2 aromatic rings. The minimum Gasteiger partial charge on any atom is -0.463 e. The number of anilines is 2. The Hall–Kier alpha value is -1.93. The Morgan fingerprint density at radius 2 is 1.90 bits per heavy atom. The van der Waals surface area contributed by atoms with E-state index in [1.807, 2.05) is 6.92 Å². The summed E-state index contributed by atoms with van der Waals surface area (Å²) in [6.45, 7) is 5.38. The summed E-state index contributed by atoms with van der Waals surface area (Å²) in [5, 5.41) is 3.16. The van der Waals surface area contributed by atoms with Gasteiger partial charge in [0.1, 0.15) is 0 Å². The van der Waals surface area contributed by atoms with Crippen LogP contribution in [-0.2, 0) is 13.0 Å². The fourth-order valence-corrected chi connectivity index (χ4v) is 2.53. The number of nitrogen functional groups attached to an aromatic ring is 1. The molecule has 0 fully saturated rings. The summed E-state index contributed by atoms with van der Waals surface area (Å²) in [7, 11) is 0. The molecule has 0 aliphatic rings. The van der Waals surface area contributed by atoms with Gasteiger partial charge in [-0.05, 0) is 25.0 Å². The van der Waals surface area contributed by atoms with E-state index >= 15 is 0 Å². The van der Waals surface area contributed by atoms with Crippen molar-refractivity contribution in [2.24, 2.45) is 5.84 Å². The van der Waals surface area contributed by atoms with Crippen LogP contribution in [0.15, 0.2) is 12.1 Å². The van der Waals surface area contributed by atoms with Gasteiger partial charge in [0.15, 0.2) is 0 Å². The molecular formula is C13H20N6OS. The second-order valence-electron chi connectivity index (χ2n) is 4.33. The van der Waals surface area contributed by atoms with Crippen LogP contribution >= 0.6 is 11.3 Å². The van der Waals surface area contributed by atoms with Crippen LogP contribution in [0.3, 0.4) is 0 Å². The summed E-state index contributed by atoms with van der Waals surface area (Å²) in [6, 6.07) is 4.51. The van der Waals surface area contributed by atoms with Crippen molar-refractivity contribution >= 4 is 23.2 Å². The standard InChI is InChI=1S/C13H20N6OS/c1-3-7-20-13-17-11(16-12(18-13)19-14)15-8-10-6-5-9(4-2)21-10/h5-6H,3-4,7-8,14H2,1-2H3,(H2,15,16,17,18,19). The lowest BCUT2D eigenvalue weighted by Crippen LogP contribution is -2.14. The highest BCUT2D eigenvalue weighted by molar-refractivity contribution is 7.12. The van der Waals surface area contributed by atoms with Gasteiger partial charge < -0.3 is 10.1 Å². The Bertz CT molecular complexity index is 574. The number of nitrogens with two attached hydrogens (primary N) is 1. The predicted octanol–water partition coefficient (Wildman–Crippen LogP) is 2.18. The van der Waals surface area contributed by atoms with Gasteiger partial charge in [-0.15, -0.1) is 11.3 Å². The van der Waals surface area contributed by atoms with Gasteiger partial charge in [0.05, 0.1) is 13.2 Å². The van der Waals surface area contributed by atoms with Gasteiger partial charge in [0.2, 0.25) is 11.9 Å². The van der Waals surface area contributed by atoms with E-state index in [-0.39, 0.29) is 12.0 Å². The zero-order valence-electron chi connectivity index (χ0n) is 12.2. The average molecular weight is 308 g/mol. The number of thiophene rings is 1. The molecule has 0 aliphatic carbocycles. The van der Waals surface area contributed by atoms with Crippen LogP contribution in [0, 0.1) is 0 Å². The molecule has 0 amide bonds. The first-order chi connectivity index (χ1) is 10.2. The Kier molecular flexibility index (Phi) is 5.70. The molecule has 114 valence electrons. The zero-order chi connectivity index (χ0) is 15.1. The topological polar surface area (TPSA) is 98.0 Å². The molecule has 2 heterocycles. The van der Waals surface area contributed by atoms with Crippen LogP contribution in [0.2, 0.25) is 0 Å². The van der Waals surface area contributed by atoms with Crippen molar-refractivity contribution in [1.82, 2.24) is 15.0 Å². The third kappa shape index (κ3) is 4.54. The van der Waals surface area contributed by atoms with Gasteiger partial charge in [-0.3, -0.25) is 5.43 Å². The molecule has 0 spiro atoms. The van der Waals surface area contributed by atoms with Crippen molar-refractivity contribution in [3.8, 4) is 6.01 Å².